The van der Waals surface area contributed by atoms with Gasteiger partial charge in [0.05, 0.1) is 0 Å². The van der Waals surface area contributed by atoms with Gasteiger partial charge in [-0.15, -0.1) is 0 Å². The molecule has 0 aliphatic rings. The van der Waals surface area contributed by atoms with Crippen LogP contribution in [0.1, 0.15) is 38.7 Å². The standard InChI is InChI=1S/C19H25F4N3O4/c1-19(2,23)18(30)25-9-12(3-4-17(28)29)26-16(27)7-11(24)5-10-6-14(21)15(22)8-13(10)20/h6,8,11-12H,3-5,7,9,24H2,1-2H3,(H,25,30)(H,26,27)(H,28,29)/t11-,12+/m1/s1. The zero-order valence-electron chi connectivity index (χ0n) is 16.6. The van der Waals surface area contributed by atoms with Crippen molar-refractivity contribution in [3.8, 4) is 0 Å². The molecule has 1 aromatic rings. The largest absolute Gasteiger partial charge is 0.481 e. The quantitative estimate of drug-likeness (QED) is 0.311. The first-order valence-electron chi connectivity index (χ1n) is 9.17. The fraction of sp³-hybridized carbons (Fsp3) is 0.526. The normalized spacial score (nSPS) is 13.4. The van der Waals surface area contributed by atoms with Crippen LogP contribution >= 0.6 is 0 Å². The number of carbonyl (C=O) groups is 3. The van der Waals surface area contributed by atoms with Gasteiger partial charge in [-0.3, -0.25) is 14.4 Å². The second-order valence-corrected chi connectivity index (χ2v) is 7.41. The molecule has 1 aromatic carbocycles. The van der Waals surface area contributed by atoms with Gasteiger partial charge in [0.25, 0.3) is 5.91 Å². The van der Waals surface area contributed by atoms with Crippen LogP contribution < -0.4 is 16.4 Å². The van der Waals surface area contributed by atoms with E-state index in [9.17, 15) is 31.9 Å². The highest BCUT2D eigenvalue weighted by Crippen LogP contribution is 2.16. The van der Waals surface area contributed by atoms with E-state index in [4.69, 9.17) is 10.8 Å². The molecule has 0 bridgehead atoms. The molecule has 0 unspecified atom stereocenters. The molecule has 0 saturated carbocycles. The van der Waals surface area contributed by atoms with Crippen LogP contribution in [0.3, 0.4) is 0 Å². The number of benzene rings is 1. The van der Waals surface area contributed by atoms with Crippen molar-refractivity contribution >= 4 is 17.8 Å². The number of hydrogen-bond donors (Lipinski definition) is 4. The summed E-state index contributed by atoms with van der Waals surface area (Å²) in [6.45, 7) is 1.88. The van der Waals surface area contributed by atoms with Crippen molar-refractivity contribution in [2.45, 2.75) is 57.3 Å². The van der Waals surface area contributed by atoms with E-state index in [0.717, 1.165) is 13.8 Å². The van der Waals surface area contributed by atoms with Crippen LogP contribution in [0.4, 0.5) is 17.6 Å². The van der Waals surface area contributed by atoms with E-state index < -0.39 is 53.0 Å². The molecule has 30 heavy (non-hydrogen) atoms. The Bertz CT molecular complexity index is 784. The molecule has 1 rings (SSSR count). The number of alkyl halides is 1. The van der Waals surface area contributed by atoms with Crippen molar-refractivity contribution in [2.24, 2.45) is 5.73 Å². The van der Waals surface area contributed by atoms with E-state index in [-0.39, 0.29) is 37.8 Å². The van der Waals surface area contributed by atoms with Gasteiger partial charge in [0, 0.05) is 37.5 Å². The third kappa shape index (κ3) is 8.76. The van der Waals surface area contributed by atoms with Crippen molar-refractivity contribution in [3.05, 3.63) is 35.1 Å². The zero-order chi connectivity index (χ0) is 23.1. The third-order valence-electron chi connectivity index (χ3n) is 4.14. The average Bonchev–Trinajstić information content (AvgIpc) is 2.60. The number of carbonyl (C=O) groups excluding carboxylic acids is 2. The molecular weight excluding hydrogens is 410 g/mol. The van der Waals surface area contributed by atoms with Gasteiger partial charge in [-0.2, -0.15) is 0 Å². The summed E-state index contributed by atoms with van der Waals surface area (Å²) in [6.07, 6.45) is -0.930. The number of rotatable bonds is 11. The number of hydrogen-bond acceptors (Lipinski definition) is 4. The topological polar surface area (TPSA) is 122 Å². The van der Waals surface area contributed by atoms with Gasteiger partial charge in [0.2, 0.25) is 5.91 Å². The summed E-state index contributed by atoms with van der Waals surface area (Å²) >= 11 is 0. The minimum Gasteiger partial charge on any atom is -0.481 e. The Kier molecular flexibility index (Phi) is 9.22. The summed E-state index contributed by atoms with van der Waals surface area (Å²) in [7, 11) is 0. The summed E-state index contributed by atoms with van der Waals surface area (Å²) in [6, 6.07) is -0.711. The van der Waals surface area contributed by atoms with Crippen LogP contribution in [0.2, 0.25) is 0 Å². The number of halogens is 4. The van der Waals surface area contributed by atoms with Crippen LogP contribution in [0, 0.1) is 17.5 Å². The first-order valence-corrected chi connectivity index (χ1v) is 9.17. The Morgan fingerprint density at radius 3 is 2.30 bits per heavy atom. The summed E-state index contributed by atoms with van der Waals surface area (Å²) < 4.78 is 53.5. The minimum atomic E-state index is -2.15. The predicted molar refractivity (Wildman–Crippen MR) is 99.6 cm³/mol. The molecule has 7 nitrogen and oxygen atoms in total. The molecule has 5 N–H and O–H groups in total. The van der Waals surface area contributed by atoms with Crippen molar-refractivity contribution in [3.63, 3.8) is 0 Å². The van der Waals surface area contributed by atoms with E-state index in [1.54, 1.807) is 0 Å². The Morgan fingerprint density at radius 2 is 1.73 bits per heavy atom. The number of nitrogens with two attached hydrogens (primary N) is 1. The molecule has 11 heteroatoms. The van der Waals surface area contributed by atoms with Crippen LogP contribution in [0.15, 0.2) is 12.1 Å². The second kappa shape index (κ2) is 10.9. The molecule has 0 saturated heterocycles. The molecule has 0 heterocycles. The van der Waals surface area contributed by atoms with Gasteiger partial charge in [0.1, 0.15) is 5.82 Å². The van der Waals surface area contributed by atoms with Crippen LogP contribution in [0.5, 0.6) is 0 Å². The lowest BCUT2D eigenvalue weighted by molar-refractivity contribution is -0.137. The van der Waals surface area contributed by atoms with Gasteiger partial charge < -0.3 is 21.5 Å². The Labute approximate surface area is 171 Å². The summed E-state index contributed by atoms with van der Waals surface area (Å²) in [5, 5.41) is 13.6. The average molecular weight is 435 g/mol. The maximum absolute atomic E-state index is 13.7. The zero-order valence-corrected chi connectivity index (χ0v) is 16.6. The summed E-state index contributed by atoms with van der Waals surface area (Å²) in [5.41, 5.74) is 3.43. The number of carboxylic acids is 1. The molecule has 0 radical (unpaired) electrons. The molecule has 0 spiro atoms. The number of carboxylic acid groups (broad SMARTS) is 1. The van der Waals surface area contributed by atoms with E-state index in [1.807, 2.05) is 0 Å². The van der Waals surface area contributed by atoms with E-state index in [2.05, 4.69) is 10.6 Å². The molecule has 2 atom stereocenters. The van der Waals surface area contributed by atoms with Crippen LogP contribution in [0.25, 0.3) is 0 Å². The predicted octanol–water partition coefficient (Wildman–Crippen LogP) is 1.58. The van der Waals surface area contributed by atoms with Crippen molar-refractivity contribution in [1.82, 2.24) is 10.6 Å². The van der Waals surface area contributed by atoms with Crippen molar-refractivity contribution in [2.75, 3.05) is 6.54 Å². The lowest BCUT2D eigenvalue weighted by Crippen LogP contribution is -2.48. The molecule has 0 aliphatic heterocycles. The van der Waals surface area contributed by atoms with Crippen molar-refractivity contribution < 1.29 is 37.1 Å². The highest BCUT2D eigenvalue weighted by molar-refractivity contribution is 5.84. The maximum atomic E-state index is 13.7. The molecule has 0 fully saturated rings. The molecule has 0 aliphatic carbocycles. The number of amides is 2. The molecule has 0 aromatic heterocycles. The lowest BCUT2D eigenvalue weighted by Gasteiger charge is -2.22. The monoisotopic (exact) mass is 435 g/mol. The lowest BCUT2D eigenvalue weighted by atomic mass is 10.0. The number of nitrogens with one attached hydrogen (secondary N) is 2. The highest BCUT2D eigenvalue weighted by atomic mass is 19.2. The van der Waals surface area contributed by atoms with Gasteiger partial charge in [-0.25, -0.2) is 17.6 Å². The van der Waals surface area contributed by atoms with Crippen LogP contribution in [-0.2, 0) is 20.8 Å². The van der Waals surface area contributed by atoms with Gasteiger partial charge in [-0.05, 0) is 38.3 Å². The molecule has 2 amide bonds. The molecular formula is C19H25F4N3O4. The SMILES string of the molecule is CC(C)(F)C(=O)NC[C@H](CCC(=O)O)NC(=O)C[C@H](N)Cc1cc(F)c(F)cc1F. The first-order chi connectivity index (χ1) is 13.8. The van der Waals surface area contributed by atoms with Crippen molar-refractivity contribution in [1.29, 1.82) is 0 Å². The fourth-order valence-corrected chi connectivity index (χ4v) is 2.55. The van der Waals surface area contributed by atoms with E-state index >= 15 is 0 Å². The highest BCUT2D eigenvalue weighted by Gasteiger charge is 2.27. The summed E-state index contributed by atoms with van der Waals surface area (Å²) in [4.78, 5) is 34.6. The van der Waals surface area contributed by atoms with E-state index in [1.165, 1.54) is 0 Å². The summed E-state index contributed by atoms with van der Waals surface area (Å²) in [5.74, 6) is -6.28. The van der Waals surface area contributed by atoms with Crippen LogP contribution in [-0.4, -0.2) is 47.2 Å². The maximum Gasteiger partial charge on any atom is 0.303 e. The third-order valence-corrected chi connectivity index (χ3v) is 4.14. The van der Waals surface area contributed by atoms with E-state index in [0.29, 0.717) is 12.1 Å². The van der Waals surface area contributed by atoms with Gasteiger partial charge in [0.15, 0.2) is 17.3 Å². The number of aliphatic carboxylic acids is 1. The molecule has 168 valence electrons. The fourth-order valence-electron chi connectivity index (χ4n) is 2.55. The van der Waals surface area contributed by atoms with Gasteiger partial charge >= 0.3 is 5.97 Å². The Morgan fingerprint density at radius 1 is 1.13 bits per heavy atom. The van der Waals surface area contributed by atoms with Gasteiger partial charge in [-0.1, -0.05) is 0 Å². The smallest absolute Gasteiger partial charge is 0.303 e. The second-order valence-electron chi connectivity index (χ2n) is 7.41. The Balaban J connectivity index is 2.67. The first kappa shape index (κ1) is 25.3. The Hall–Kier alpha value is -2.69. The minimum absolute atomic E-state index is 0.0406.